The van der Waals surface area contributed by atoms with Gasteiger partial charge < -0.3 is 14.6 Å². The summed E-state index contributed by atoms with van der Waals surface area (Å²) in [7, 11) is 0. The average molecular weight is 478 g/mol. The lowest BCUT2D eigenvalue weighted by molar-refractivity contribution is -0.113. The maximum absolute atomic E-state index is 13.3. The second-order valence-corrected chi connectivity index (χ2v) is 8.71. The van der Waals surface area contributed by atoms with Crippen LogP contribution >= 0.6 is 34.7 Å². The zero-order valence-corrected chi connectivity index (χ0v) is 18.7. The standard InChI is InChI=1S/C20H17ClFN5O2S2/c1-2-27-17(10-29-12-7-8-14(22)13(21)9-12)25-26-20(27)30-11-18(28)24-19-23-15-5-3-4-6-16(15)31-19/h3-9H,2,10-11H2,1H3,(H,23,24,28). The zero-order valence-electron chi connectivity index (χ0n) is 16.3. The van der Waals surface area contributed by atoms with E-state index in [4.69, 9.17) is 16.3 Å². The number of rotatable bonds is 8. The van der Waals surface area contributed by atoms with Gasteiger partial charge in [0, 0.05) is 12.6 Å². The fourth-order valence-electron chi connectivity index (χ4n) is 2.78. The normalized spacial score (nSPS) is 11.1. The van der Waals surface area contributed by atoms with Crippen molar-refractivity contribution in [1.82, 2.24) is 19.7 Å². The maximum atomic E-state index is 13.3. The number of nitrogens with zero attached hydrogens (tertiary/aromatic N) is 4. The summed E-state index contributed by atoms with van der Waals surface area (Å²) in [6, 6.07) is 11.9. The summed E-state index contributed by atoms with van der Waals surface area (Å²) >= 11 is 8.49. The van der Waals surface area contributed by atoms with Gasteiger partial charge in [-0.1, -0.05) is 46.8 Å². The lowest BCUT2D eigenvalue weighted by Gasteiger charge is -2.09. The maximum Gasteiger partial charge on any atom is 0.236 e. The minimum atomic E-state index is -0.506. The Morgan fingerprint density at radius 3 is 2.90 bits per heavy atom. The molecule has 0 aliphatic carbocycles. The number of benzene rings is 2. The second kappa shape index (κ2) is 9.63. The molecule has 0 aliphatic rings. The van der Waals surface area contributed by atoms with Crippen molar-refractivity contribution in [3.05, 3.63) is 59.1 Å². The van der Waals surface area contributed by atoms with Crippen LogP contribution in [0.2, 0.25) is 5.02 Å². The van der Waals surface area contributed by atoms with Crippen LogP contribution in [0.3, 0.4) is 0 Å². The molecule has 1 amide bonds. The number of hydrogen-bond donors (Lipinski definition) is 1. The van der Waals surface area contributed by atoms with Crippen LogP contribution in [0, 0.1) is 5.82 Å². The number of ether oxygens (including phenoxy) is 1. The van der Waals surface area contributed by atoms with Gasteiger partial charge in [-0.15, -0.1) is 10.2 Å². The van der Waals surface area contributed by atoms with Crippen LogP contribution in [0.1, 0.15) is 12.7 Å². The molecule has 4 rings (SSSR count). The number of thioether (sulfide) groups is 1. The van der Waals surface area contributed by atoms with Gasteiger partial charge in [-0.25, -0.2) is 9.37 Å². The number of carbonyl (C=O) groups excluding carboxylic acids is 1. The van der Waals surface area contributed by atoms with E-state index in [1.54, 1.807) is 0 Å². The first-order valence-electron chi connectivity index (χ1n) is 9.31. The first-order chi connectivity index (χ1) is 15.0. The smallest absolute Gasteiger partial charge is 0.236 e. The van der Waals surface area contributed by atoms with E-state index in [-0.39, 0.29) is 23.3 Å². The molecule has 4 aromatic rings. The van der Waals surface area contributed by atoms with E-state index < -0.39 is 5.82 Å². The van der Waals surface area contributed by atoms with E-state index in [1.807, 2.05) is 35.8 Å². The number of amides is 1. The molecule has 2 heterocycles. The van der Waals surface area contributed by atoms with Gasteiger partial charge in [0.15, 0.2) is 16.1 Å². The first-order valence-corrected chi connectivity index (χ1v) is 11.5. The third-order valence-corrected chi connectivity index (χ3v) is 6.45. The lowest BCUT2D eigenvalue weighted by atomic mass is 10.3. The minimum absolute atomic E-state index is 0.00941. The number of fused-ring (bicyclic) bond motifs is 1. The third kappa shape index (κ3) is 5.15. The number of nitrogens with one attached hydrogen (secondary N) is 1. The minimum Gasteiger partial charge on any atom is -0.486 e. The van der Waals surface area contributed by atoms with Crippen molar-refractivity contribution in [2.75, 3.05) is 11.1 Å². The van der Waals surface area contributed by atoms with E-state index in [0.717, 1.165) is 10.2 Å². The molecule has 11 heteroatoms. The molecule has 0 spiro atoms. The monoisotopic (exact) mass is 477 g/mol. The molecule has 0 atom stereocenters. The van der Waals surface area contributed by atoms with Crippen molar-refractivity contribution in [2.24, 2.45) is 0 Å². The van der Waals surface area contributed by atoms with E-state index in [0.29, 0.717) is 28.4 Å². The van der Waals surface area contributed by atoms with E-state index >= 15 is 0 Å². The Morgan fingerprint density at radius 1 is 1.29 bits per heavy atom. The molecular formula is C20H17ClFN5O2S2. The Kier molecular flexibility index (Phi) is 6.69. The van der Waals surface area contributed by atoms with Gasteiger partial charge in [0.1, 0.15) is 18.2 Å². The van der Waals surface area contributed by atoms with Crippen LogP contribution in [-0.2, 0) is 17.9 Å². The quantitative estimate of drug-likeness (QED) is 0.359. The number of thiazole rings is 1. The molecule has 31 heavy (non-hydrogen) atoms. The van der Waals surface area contributed by atoms with Crippen LogP contribution < -0.4 is 10.1 Å². The van der Waals surface area contributed by atoms with Crippen molar-refractivity contribution in [2.45, 2.75) is 25.2 Å². The molecule has 2 aromatic heterocycles. The van der Waals surface area contributed by atoms with Crippen molar-refractivity contribution < 1.29 is 13.9 Å². The Bertz CT molecular complexity index is 1200. The predicted molar refractivity (Wildman–Crippen MR) is 120 cm³/mol. The highest BCUT2D eigenvalue weighted by Gasteiger charge is 2.15. The van der Waals surface area contributed by atoms with Gasteiger partial charge in [0.2, 0.25) is 5.91 Å². The highest BCUT2D eigenvalue weighted by Crippen LogP contribution is 2.26. The van der Waals surface area contributed by atoms with Crippen LogP contribution in [0.15, 0.2) is 47.6 Å². The first kappa shape index (κ1) is 21.5. The Hall–Kier alpha value is -2.69. The second-order valence-electron chi connectivity index (χ2n) is 6.33. The molecule has 2 aromatic carbocycles. The molecule has 1 N–H and O–H groups in total. The molecular weight excluding hydrogens is 461 g/mol. The zero-order chi connectivity index (χ0) is 21.8. The number of para-hydroxylation sites is 1. The van der Waals surface area contributed by atoms with Gasteiger partial charge in [-0.05, 0) is 31.2 Å². The van der Waals surface area contributed by atoms with Crippen molar-refractivity contribution in [3.63, 3.8) is 0 Å². The molecule has 0 fully saturated rings. The van der Waals surface area contributed by atoms with Crippen LogP contribution in [-0.4, -0.2) is 31.4 Å². The van der Waals surface area contributed by atoms with Gasteiger partial charge >= 0.3 is 0 Å². The molecule has 0 aliphatic heterocycles. The largest absolute Gasteiger partial charge is 0.486 e. The summed E-state index contributed by atoms with van der Waals surface area (Å²) in [5.74, 6) is 0.517. The number of halogens is 2. The summed E-state index contributed by atoms with van der Waals surface area (Å²) in [4.78, 5) is 16.8. The topological polar surface area (TPSA) is 81.9 Å². The Balaban J connectivity index is 1.35. The van der Waals surface area contributed by atoms with E-state index in [1.165, 1.54) is 41.3 Å². The number of carbonyl (C=O) groups is 1. The summed E-state index contributed by atoms with van der Waals surface area (Å²) in [6.07, 6.45) is 0. The lowest BCUT2D eigenvalue weighted by Crippen LogP contribution is -2.14. The Morgan fingerprint density at radius 2 is 2.13 bits per heavy atom. The van der Waals surface area contributed by atoms with Crippen molar-refractivity contribution in [3.8, 4) is 5.75 Å². The number of aromatic nitrogens is 4. The van der Waals surface area contributed by atoms with Gasteiger partial charge in [0.05, 0.1) is 21.0 Å². The number of anilines is 1. The van der Waals surface area contributed by atoms with Crippen LogP contribution in [0.4, 0.5) is 9.52 Å². The third-order valence-electron chi connectivity index (χ3n) is 4.24. The van der Waals surface area contributed by atoms with Crippen LogP contribution in [0.25, 0.3) is 10.2 Å². The van der Waals surface area contributed by atoms with Crippen molar-refractivity contribution >= 4 is 56.0 Å². The van der Waals surface area contributed by atoms with Crippen molar-refractivity contribution in [1.29, 1.82) is 0 Å². The fourth-order valence-corrected chi connectivity index (χ4v) is 4.65. The van der Waals surface area contributed by atoms with E-state index in [9.17, 15) is 9.18 Å². The SMILES string of the molecule is CCn1c(COc2ccc(F)c(Cl)c2)nnc1SCC(=O)Nc1nc2ccccc2s1. The summed E-state index contributed by atoms with van der Waals surface area (Å²) < 4.78 is 21.8. The fraction of sp³-hybridized carbons (Fsp3) is 0.200. The summed E-state index contributed by atoms with van der Waals surface area (Å²) in [6.45, 7) is 2.70. The highest BCUT2D eigenvalue weighted by atomic mass is 35.5. The van der Waals surface area contributed by atoms with Gasteiger partial charge in [-0.3, -0.25) is 4.79 Å². The highest BCUT2D eigenvalue weighted by molar-refractivity contribution is 7.99. The van der Waals surface area contributed by atoms with E-state index in [2.05, 4.69) is 20.5 Å². The average Bonchev–Trinajstić information content (AvgIpc) is 3.35. The summed E-state index contributed by atoms with van der Waals surface area (Å²) in [5.41, 5.74) is 0.855. The molecule has 0 saturated heterocycles. The molecule has 0 radical (unpaired) electrons. The number of hydrogen-bond acceptors (Lipinski definition) is 7. The summed E-state index contributed by atoms with van der Waals surface area (Å²) in [5, 5.41) is 12.3. The van der Waals surface area contributed by atoms with Gasteiger partial charge in [0.25, 0.3) is 0 Å². The predicted octanol–water partition coefficient (Wildman–Crippen LogP) is 5.01. The molecule has 0 saturated carbocycles. The molecule has 0 unspecified atom stereocenters. The molecule has 160 valence electrons. The molecule has 0 bridgehead atoms. The van der Waals surface area contributed by atoms with Crippen LogP contribution in [0.5, 0.6) is 5.75 Å². The molecule has 7 nitrogen and oxygen atoms in total. The Labute approximate surface area is 190 Å². The van der Waals surface area contributed by atoms with Gasteiger partial charge in [-0.2, -0.15) is 0 Å².